The van der Waals surface area contributed by atoms with E-state index in [0.717, 1.165) is 6.42 Å². The van der Waals surface area contributed by atoms with E-state index in [1.807, 2.05) is 18.2 Å². The van der Waals surface area contributed by atoms with Gasteiger partial charge in [0.25, 0.3) is 0 Å². The molecule has 1 aliphatic rings. The molecule has 0 aliphatic carbocycles. The number of hydrogen-bond acceptors (Lipinski definition) is 3. The molecule has 1 fully saturated rings. The highest BCUT2D eigenvalue weighted by molar-refractivity contribution is 6.32. The van der Waals surface area contributed by atoms with E-state index in [1.54, 1.807) is 6.07 Å². The minimum Gasteiger partial charge on any atom is -0.492 e. The molecule has 1 amide bonds. The summed E-state index contributed by atoms with van der Waals surface area (Å²) >= 11 is 5.98. The smallest absolute Gasteiger partial charge is 0.407 e. The molecule has 2 N–H and O–H groups in total. The summed E-state index contributed by atoms with van der Waals surface area (Å²) in [5.41, 5.74) is 0. The number of benzene rings is 1. The van der Waals surface area contributed by atoms with Crippen molar-refractivity contribution in [1.82, 2.24) is 10.2 Å². The molecule has 0 bridgehead atoms. The van der Waals surface area contributed by atoms with Crippen LogP contribution in [0.3, 0.4) is 0 Å². The van der Waals surface area contributed by atoms with Crippen LogP contribution in [0.15, 0.2) is 24.3 Å². The van der Waals surface area contributed by atoms with E-state index in [1.165, 1.54) is 4.90 Å². The quantitative estimate of drug-likeness (QED) is 0.894. The minimum atomic E-state index is -0.862. The third-order valence-electron chi connectivity index (χ3n) is 3.09. The van der Waals surface area contributed by atoms with Crippen LogP contribution in [0.4, 0.5) is 4.79 Å². The van der Waals surface area contributed by atoms with Crippen molar-refractivity contribution in [3.05, 3.63) is 29.3 Å². The number of carbonyl (C=O) groups is 1. The number of rotatable bonds is 4. The van der Waals surface area contributed by atoms with E-state index in [0.29, 0.717) is 37.0 Å². The van der Waals surface area contributed by atoms with E-state index < -0.39 is 6.09 Å². The largest absolute Gasteiger partial charge is 0.492 e. The van der Waals surface area contributed by atoms with Gasteiger partial charge in [-0.2, -0.15) is 0 Å². The van der Waals surface area contributed by atoms with Crippen molar-refractivity contribution in [2.45, 2.75) is 12.5 Å². The van der Waals surface area contributed by atoms with Crippen molar-refractivity contribution in [3.63, 3.8) is 0 Å². The summed E-state index contributed by atoms with van der Waals surface area (Å²) in [7, 11) is 0. The molecule has 1 aromatic carbocycles. The Morgan fingerprint density at radius 3 is 2.95 bits per heavy atom. The first kappa shape index (κ1) is 16.9. The van der Waals surface area contributed by atoms with Crippen molar-refractivity contribution in [2.24, 2.45) is 0 Å². The number of carboxylic acid groups (broad SMARTS) is 1. The van der Waals surface area contributed by atoms with Crippen molar-refractivity contribution >= 4 is 30.1 Å². The number of hydrogen-bond donors (Lipinski definition) is 2. The summed E-state index contributed by atoms with van der Waals surface area (Å²) in [6, 6.07) is 7.45. The van der Waals surface area contributed by atoms with Crippen LogP contribution in [-0.4, -0.2) is 48.4 Å². The molecule has 1 aromatic rings. The Hall–Kier alpha value is -1.17. The van der Waals surface area contributed by atoms with Crippen molar-refractivity contribution in [2.75, 3.05) is 26.2 Å². The first-order chi connectivity index (χ1) is 9.16. The fourth-order valence-corrected chi connectivity index (χ4v) is 2.26. The van der Waals surface area contributed by atoms with E-state index in [4.69, 9.17) is 21.4 Å². The molecule has 1 saturated heterocycles. The first-order valence-electron chi connectivity index (χ1n) is 6.25. The van der Waals surface area contributed by atoms with Gasteiger partial charge in [0.05, 0.1) is 11.6 Å². The van der Waals surface area contributed by atoms with E-state index in [2.05, 4.69) is 5.32 Å². The van der Waals surface area contributed by atoms with Gasteiger partial charge in [0.15, 0.2) is 0 Å². The average molecular weight is 321 g/mol. The molecule has 112 valence electrons. The first-order valence-corrected chi connectivity index (χ1v) is 6.63. The molecular weight excluding hydrogens is 303 g/mol. The lowest BCUT2D eigenvalue weighted by molar-refractivity contribution is 0.124. The fraction of sp³-hybridized carbons (Fsp3) is 0.462. The van der Waals surface area contributed by atoms with Crippen molar-refractivity contribution in [1.29, 1.82) is 0 Å². The van der Waals surface area contributed by atoms with Crippen molar-refractivity contribution in [3.8, 4) is 5.75 Å². The van der Waals surface area contributed by atoms with Gasteiger partial charge in [-0.1, -0.05) is 23.7 Å². The number of ether oxygens (including phenoxy) is 1. The fourth-order valence-electron chi connectivity index (χ4n) is 2.07. The normalized spacial score (nSPS) is 18.2. The summed E-state index contributed by atoms with van der Waals surface area (Å²) in [6.45, 7) is 2.23. The predicted molar refractivity (Wildman–Crippen MR) is 80.2 cm³/mol. The number of para-hydroxylation sites is 1. The standard InChI is InChI=1S/C13H17ClN2O3.ClH/c14-11-3-1-2-4-12(11)19-8-5-10-9-16(13(17)18)7-6-15-10;/h1-4,10,15H,5-9H2,(H,17,18);1H/t10-;/m1./s1. The van der Waals surface area contributed by atoms with Crippen LogP contribution in [0.2, 0.25) is 5.02 Å². The Kier molecular flexibility index (Phi) is 6.91. The summed E-state index contributed by atoms with van der Waals surface area (Å²) in [6.07, 6.45) is -0.117. The Morgan fingerprint density at radius 2 is 2.25 bits per heavy atom. The van der Waals surface area contributed by atoms with Crippen LogP contribution < -0.4 is 10.1 Å². The van der Waals surface area contributed by atoms with Gasteiger partial charge in [0.1, 0.15) is 5.75 Å². The van der Waals surface area contributed by atoms with Gasteiger partial charge >= 0.3 is 6.09 Å². The second-order valence-electron chi connectivity index (χ2n) is 4.45. The topological polar surface area (TPSA) is 61.8 Å². The lowest BCUT2D eigenvalue weighted by Crippen LogP contribution is -2.52. The van der Waals surface area contributed by atoms with Crippen LogP contribution >= 0.6 is 24.0 Å². The summed E-state index contributed by atoms with van der Waals surface area (Å²) in [4.78, 5) is 12.3. The maximum Gasteiger partial charge on any atom is 0.407 e. The molecule has 1 atom stereocenters. The Balaban J connectivity index is 0.00000200. The molecule has 0 saturated carbocycles. The average Bonchev–Trinajstić information content (AvgIpc) is 2.41. The number of amides is 1. The van der Waals surface area contributed by atoms with Gasteiger partial charge in [-0.3, -0.25) is 0 Å². The maximum absolute atomic E-state index is 10.9. The van der Waals surface area contributed by atoms with Crippen LogP contribution in [0.5, 0.6) is 5.75 Å². The SMILES string of the molecule is Cl.O=C(O)N1CCN[C@H](CCOc2ccccc2Cl)C1. The van der Waals surface area contributed by atoms with Gasteiger partial charge in [-0.25, -0.2) is 4.79 Å². The molecule has 0 spiro atoms. The Morgan fingerprint density at radius 1 is 1.50 bits per heavy atom. The third-order valence-corrected chi connectivity index (χ3v) is 3.40. The van der Waals surface area contributed by atoms with Crippen LogP contribution in [0, 0.1) is 0 Å². The highest BCUT2D eigenvalue weighted by Crippen LogP contribution is 2.23. The summed E-state index contributed by atoms with van der Waals surface area (Å²) in [5, 5.41) is 12.8. The predicted octanol–water partition coefficient (Wildman–Crippen LogP) is 2.48. The van der Waals surface area contributed by atoms with Crippen molar-refractivity contribution < 1.29 is 14.6 Å². The zero-order valence-electron chi connectivity index (χ0n) is 10.9. The highest BCUT2D eigenvalue weighted by atomic mass is 35.5. The number of nitrogens with one attached hydrogen (secondary N) is 1. The third kappa shape index (κ3) is 4.74. The van der Waals surface area contributed by atoms with E-state index in [-0.39, 0.29) is 18.4 Å². The number of piperazine rings is 1. The molecule has 2 rings (SSSR count). The van der Waals surface area contributed by atoms with Gasteiger partial charge in [0, 0.05) is 25.7 Å². The lowest BCUT2D eigenvalue weighted by atomic mass is 10.1. The Bertz CT molecular complexity index is 445. The zero-order chi connectivity index (χ0) is 13.7. The molecular formula is C13H18Cl2N2O3. The number of halogens is 2. The summed E-state index contributed by atoms with van der Waals surface area (Å²) in [5.74, 6) is 0.662. The Labute approximate surface area is 129 Å². The molecule has 0 radical (unpaired) electrons. The lowest BCUT2D eigenvalue weighted by Gasteiger charge is -2.31. The molecule has 0 unspecified atom stereocenters. The second-order valence-corrected chi connectivity index (χ2v) is 4.85. The molecule has 1 aliphatic heterocycles. The second kappa shape index (κ2) is 8.19. The highest BCUT2D eigenvalue weighted by Gasteiger charge is 2.22. The molecule has 1 heterocycles. The van der Waals surface area contributed by atoms with Crippen LogP contribution in [0.1, 0.15) is 6.42 Å². The van der Waals surface area contributed by atoms with Crippen LogP contribution in [-0.2, 0) is 0 Å². The van der Waals surface area contributed by atoms with Crippen LogP contribution in [0.25, 0.3) is 0 Å². The summed E-state index contributed by atoms with van der Waals surface area (Å²) < 4.78 is 5.60. The maximum atomic E-state index is 10.9. The number of nitrogens with zero attached hydrogens (tertiary/aromatic N) is 1. The minimum absolute atomic E-state index is 0. The van der Waals surface area contributed by atoms with Gasteiger partial charge in [-0.15, -0.1) is 12.4 Å². The molecule has 5 nitrogen and oxygen atoms in total. The van der Waals surface area contributed by atoms with E-state index in [9.17, 15) is 4.79 Å². The van der Waals surface area contributed by atoms with Gasteiger partial charge in [-0.05, 0) is 18.6 Å². The molecule has 0 aromatic heterocycles. The molecule has 20 heavy (non-hydrogen) atoms. The van der Waals surface area contributed by atoms with Gasteiger partial charge in [0.2, 0.25) is 0 Å². The van der Waals surface area contributed by atoms with Gasteiger partial charge < -0.3 is 20.1 Å². The molecule has 7 heteroatoms. The monoisotopic (exact) mass is 320 g/mol. The zero-order valence-corrected chi connectivity index (χ0v) is 12.5. The van der Waals surface area contributed by atoms with E-state index >= 15 is 0 Å².